The van der Waals surface area contributed by atoms with Gasteiger partial charge in [0.2, 0.25) is 11.8 Å². The van der Waals surface area contributed by atoms with E-state index in [1.165, 1.54) is 0 Å². The van der Waals surface area contributed by atoms with Gasteiger partial charge in [0.15, 0.2) is 5.82 Å². The van der Waals surface area contributed by atoms with Gasteiger partial charge in [-0.1, -0.05) is 30.3 Å². The third kappa shape index (κ3) is 3.12. The smallest absolute Gasteiger partial charge is 0.242 e. The summed E-state index contributed by atoms with van der Waals surface area (Å²) in [5.74, 6) is 0.0190. The second kappa shape index (κ2) is 7.84. The molecule has 1 N–H and O–H groups in total. The number of aromatic hydroxyl groups is 1. The van der Waals surface area contributed by atoms with Gasteiger partial charge in [0.05, 0.1) is 21.8 Å². The molecule has 7 nitrogen and oxygen atoms in total. The van der Waals surface area contributed by atoms with E-state index in [0.29, 0.717) is 40.3 Å². The number of amides is 1. The van der Waals surface area contributed by atoms with Crippen molar-refractivity contribution in [2.75, 3.05) is 13.1 Å². The highest BCUT2D eigenvalue weighted by molar-refractivity contribution is 6.00. The summed E-state index contributed by atoms with van der Waals surface area (Å²) in [5, 5.41) is 23.1. The average molecular weight is 399 g/mol. The fourth-order valence-corrected chi connectivity index (χ4v) is 3.74. The second-order valence-corrected chi connectivity index (χ2v) is 6.89. The number of hydrogen-bond acceptors (Lipinski definition) is 5. The number of aromatic nitrogens is 1. The lowest BCUT2D eigenvalue weighted by Gasteiger charge is -2.19. The van der Waals surface area contributed by atoms with Crippen LogP contribution in [0.2, 0.25) is 0 Å². The molecule has 2 aromatic carbocycles. The van der Waals surface area contributed by atoms with Crippen molar-refractivity contribution in [1.82, 2.24) is 9.47 Å². The van der Waals surface area contributed by atoms with E-state index in [0.717, 1.165) is 0 Å². The van der Waals surface area contributed by atoms with Gasteiger partial charge in [-0.2, -0.15) is 5.26 Å². The van der Waals surface area contributed by atoms with Crippen molar-refractivity contribution in [3.63, 3.8) is 0 Å². The molecule has 0 saturated heterocycles. The Morgan fingerprint density at radius 2 is 1.67 bits per heavy atom. The Bertz CT molecular complexity index is 1300. The Hall–Kier alpha value is -3.92. The molecule has 0 fully saturated rings. The largest absolute Gasteiger partial charge is 0.494 e. The number of fused-ring (bicyclic) bond motifs is 2. The molecule has 0 aliphatic carbocycles. The molecule has 2 heterocycles. The van der Waals surface area contributed by atoms with Crippen LogP contribution >= 0.6 is 0 Å². The molecule has 30 heavy (non-hydrogen) atoms. The zero-order chi connectivity index (χ0) is 21.3. The number of para-hydroxylation sites is 3. The Kier molecular flexibility index (Phi) is 5.07. The van der Waals surface area contributed by atoms with Crippen LogP contribution in [0.15, 0.2) is 64.3 Å². The lowest BCUT2D eigenvalue weighted by Crippen LogP contribution is -2.33. The number of carbonyl (C=O) groups is 1. The topological polar surface area (TPSA) is 94.0 Å². The number of hydrogen-bond donors (Lipinski definition) is 1. The minimum atomic E-state index is -0.137. The third-order valence-corrected chi connectivity index (χ3v) is 5.27. The minimum Gasteiger partial charge on any atom is -0.494 e. The van der Waals surface area contributed by atoms with Crippen molar-refractivity contribution in [2.24, 2.45) is 9.98 Å². The van der Waals surface area contributed by atoms with Gasteiger partial charge in [-0.3, -0.25) is 4.79 Å². The van der Waals surface area contributed by atoms with Gasteiger partial charge in [-0.15, -0.1) is 0 Å². The van der Waals surface area contributed by atoms with Crippen molar-refractivity contribution in [1.29, 1.82) is 5.26 Å². The van der Waals surface area contributed by atoms with Crippen LogP contribution in [-0.4, -0.2) is 33.6 Å². The van der Waals surface area contributed by atoms with Gasteiger partial charge < -0.3 is 14.6 Å². The molecule has 1 aliphatic heterocycles. The summed E-state index contributed by atoms with van der Waals surface area (Å²) in [6.45, 7) is 4.99. The van der Waals surface area contributed by atoms with Crippen LogP contribution in [0, 0.1) is 11.3 Å². The van der Waals surface area contributed by atoms with Crippen molar-refractivity contribution >= 4 is 22.4 Å². The maximum absolute atomic E-state index is 12.7. The molecule has 7 heteroatoms. The zero-order valence-corrected chi connectivity index (χ0v) is 16.8. The molecule has 1 aromatic heterocycles. The van der Waals surface area contributed by atoms with E-state index in [1.807, 2.05) is 62.4 Å². The van der Waals surface area contributed by atoms with Crippen LogP contribution in [0.5, 0.6) is 5.88 Å². The first-order valence-electron chi connectivity index (χ1n) is 9.84. The van der Waals surface area contributed by atoms with Crippen LogP contribution in [0.1, 0.15) is 19.4 Å². The van der Waals surface area contributed by atoms with E-state index in [2.05, 4.69) is 16.1 Å². The van der Waals surface area contributed by atoms with Crippen LogP contribution < -0.4 is 10.7 Å². The minimum absolute atomic E-state index is 0.0173. The molecule has 0 bridgehead atoms. The Balaban J connectivity index is 1.92. The normalized spacial score (nSPS) is 12.1. The van der Waals surface area contributed by atoms with Gasteiger partial charge in [0, 0.05) is 18.5 Å². The molecule has 0 saturated carbocycles. The molecular weight excluding hydrogens is 378 g/mol. The van der Waals surface area contributed by atoms with E-state index >= 15 is 0 Å². The summed E-state index contributed by atoms with van der Waals surface area (Å²) >= 11 is 0. The van der Waals surface area contributed by atoms with Crippen molar-refractivity contribution < 1.29 is 9.90 Å². The predicted molar refractivity (Wildman–Crippen MR) is 113 cm³/mol. The van der Waals surface area contributed by atoms with Gasteiger partial charge in [0.1, 0.15) is 18.2 Å². The number of rotatable bonds is 5. The SMILES string of the molecule is CCN(CC)C(=O)Cn1c(O)c(C(C#N)=C2N=c3ccccc3=N2)c2ccccc21. The lowest BCUT2D eigenvalue weighted by atomic mass is 10.1. The molecule has 1 aliphatic rings. The van der Waals surface area contributed by atoms with E-state index in [4.69, 9.17) is 0 Å². The zero-order valence-electron chi connectivity index (χ0n) is 16.8. The number of nitriles is 1. The van der Waals surface area contributed by atoms with Gasteiger partial charge in [0.25, 0.3) is 0 Å². The van der Waals surface area contributed by atoms with E-state index in [9.17, 15) is 15.2 Å². The first kappa shape index (κ1) is 19.4. The lowest BCUT2D eigenvalue weighted by molar-refractivity contribution is -0.131. The molecule has 4 rings (SSSR count). The van der Waals surface area contributed by atoms with Crippen LogP contribution in [0.4, 0.5) is 0 Å². The van der Waals surface area contributed by atoms with Crippen LogP contribution in [0.25, 0.3) is 16.5 Å². The van der Waals surface area contributed by atoms with E-state index in [-0.39, 0.29) is 29.7 Å². The molecule has 0 radical (unpaired) electrons. The maximum atomic E-state index is 12.7. The Morgan fingerprint density at radius 1 is 1.07 bits per heavy atom. The number of carbonyl (C=O) groups excluding carboxylic acids is 1. The molecule has 0 spiro atoms. The van der Waals surface area contributed by atoms with Crippen molar-refractivity contribution in [3.05, 3.63) is 70.6 Å². The summed E-state index contributed by atoms with van der Waals surface area (Å²) in [4.78, 5) is 23.3. The molecule has 0 atom stereocenters. The van der Waals surface area contributed by atoms with Gasteiger partial charge >= 0.3 is 0 Å². The second-order valence-electron chi connectivity index (χ2n) is 6.89. The van der Waals surface area contributed by atoms with E-state index < -0.39 is 0 Å². The standard InChI is InChI=1S/C23H21N5O2/c1-3-27(4-2)20(29)14-28-19-12-8-5-9-15(19)21(23(28)30)16(13-24)22-25-17-10-6-7-11-18(17)26-22/h5-12,30H,3-4,14H2,1-2H3. The highest BCUT2D eigenvalue weighted by atomic mass is 16.3. The highest BCUT2D eigenvalue weighted by Gasteiger charge is 2.25. The summed E-state index contributed by atoms with van der Waals surface area (Å²) < 4.78 is 1.55. The number of benzene rings is 2. The summed E-state index contributed by atoms with van der Waals surface area (Å²) in [5.41, 5.74) is 1.19. The summed E-state index contributed by atoms with van der Waals surface area (Å²) in [6.07, 6.45) is 0. The third-order valence-electron chi connectivity index (χ3n) is 5.27. The maximum Gasteiger partial charge on any atom is 0.242 e. The number of likely N-dealkylation sites (N-methyl/N-ethyl adjacent to an activating group) is 1. The number of nitrogens with zero attached hydrogens (tertiary/aromatic N) is 5. The van der Waals surface area contributed by atoms with Gasteiger partial charge in [-0.25, -0.2) is 9.98 Å². The quantitative estimate of drug-likeness (QED) is 0.668. The molecule has 0 unspecified atom stereocenters. The monoisotopic (exact) mass is 399 g/mol. The summed E-state index contributed by atoms with van der Waals surface area (Å²) in [6, 6.07) is 16.8. The fraction of sp³-hybridized carbons (Fsp3) is 0.217. The fourth-order valence-electron chi connectivity index (χ4n) is 3.74. The van der Waals surface area contributed by atoms with Crippen LogP contribution in [0.3, 0.4) is 0 Å². The highest BCUT2D eigenvalue weighted by Crippen LogP contribution is 2.38. The summed E-state index contributed by atoms with van der Waals surface area (Å²) in [7, 11) is 0. The Morgan fingerprint density at radius 3 is 2.27 bits per heavy atom. The predicted octanol–water partition coefficient (Wildman–Crippen LogP) is 2.36. The Labute approximate surface area is 173 Å². The van der Waals surface area contributed by atoms with Crippen molar-refractivity contribution in [2.45, 2.75) is 20.4 Å². The first-order valence-corrected chi connectivity index (χ1v) is 9.84. The molecular formula is C23H21N5O2. The molecule has 150 valence electrons. The average Bonchev–Trinajstić information content (AvgIpc) is 3.30. The number of allylic oxidation sites excluding steroid dienone is 1. The van der Waals surface area contributed by atoms with Gasteiger partial charge in [-0.05, 0) is 32.0 Å². The van der Waals surface area contributed by atoms with E-state index in [1.54, 1.807) is 9.47 Å². The molecule has 1 amide bonds. The van der Waals surface area contributed by atoms with Crippen LogP contribution in [-0.2, 0) is 11.3 Å². The molecule has 3 aromatic rings. The van der Waals surface area contributed by atoms with Crippen molar-refractivity contribution in [3.8, 4) is 11.9 Å². The first-order chi connectivity index (χ1) is 14.6.